The Morgan fingerprint density at radius 2 is 1.88 bits per heavy atom. The number of unbranched alkanes of at least 4 members (excludes halogenated alkanes) is 3. The molecule has 0 unspecified atom stereocenters. The highest BCUT2D eigenvalue weighted by Crippen LogP contribution is 2.63. The standard InChI is InChI=1S/C23H35NO.B/c1-4-5-6-10-15-25-23(19-11-8-7-9-12-19)17-24-16-18(2)20-13-14-21(23)22(20,24)3;/h7-9,11-12,18,20-21H,4-6,10,13-17H2,1-3H3;/t18-,20+,21+,22-,23+;/m1./s1. The zero-order valence-electron chi connectivity index (χ0n) is 16.9. The van der Waals surface area contributed by atoms with Gasteiger partial charge in [-0.1, -0.05) is 63.4 Å². The largest absolute Gasteiger partial charge is 0.369 e. The molecule has 1 aromatic rings. The summed E-state index contributed by atoms with van der Waals surface area (Å²) in [7, 11) is 0. The van der Waals surface area contributed by atoms with E-state index in [1.165, 1.54) is 50.6 Å². The fourth-order valence-corrected chi connectivity index (χ4v) is 6.54. The third-order valence-corrected chi connectivity index (χ3v) is 7.71. The van der Waals surface area contributed by atoms with E-state index >= 15 is 0 Å². The Morgan fingerprint density at radius 3 is 2.62 bits per heavy atom. The van der Waals surface area contributed by atoms with E-state index in [1.807, 2.05) is 0 Å². The van der Waals surface area contributed by atoms with Crippen molar-refractivity contribution in [3.05, 3.63) is 35.9 Å². The number of hydrogen-bond donors (Lipinski definition) is 0. The molecule has 3 fully saturated rings. The minimum atomic E-state index is -0.0862. The molecule has 0 bridgehead atoms. The van der Waals surface area contributed by atoms with Crippen molar-refractivity contribution < 1.29 is 4.74 Å². The molecule has 0 aromatic heterocycles. The minimum absolute atomic E-state index is 0. The molecule has 2 saturated heterocycles. The van der Waals surface area contributed by atoms with Gasteiger partial charge in [0.25, 0.3) is 0 Å². The lowest BCUT2D eigenvalue weighted by Crippen LogP contribution is -2.43. The molecular weight excluding hydrogens is 317 g/mol. The number of rotatable bonds is 7. The minimum Gasteiger partial charge on any atom is -0.369 e. The molecular formula is C23H35BNO. The molecule has 5 atom stereocenters. The van der Waals surface area contributed by atoms with Crippen LogP contribution in [0.25, 0.3) is 0 Å². The topological polar surface area (TPSA) is 12.5 Å². The Bertz CT molecular complexity index is 593. The van der Waals surface area contributed by atoms with Gasteiger partial charge in [0.1, 0.15) is 5.60 Å². The van der Waals surface area contributed by atoms with Crippen molar-refractivity contribution >= 4 is 8.41 Å². The Balaban J connectivity index is 0.00000196. The van der Waals surface area contributed by atoms with Crippen molar-refractivity contribution in [3.63, 3.8) is 0 Å². The summed E-state index contributed by atoms with van der Waals surface area (Å²) in [6, 6.07) is 11.1. The summed E-state index contributed by atoms with van der Waals surface area (Å²) in [6.45, 7) is 10.5. The van der Waals surface area contributed by atoms with Crippen molar-refractivity contribution in [2.45, 2.75) is 70.4 Å². The van der Waals surface area contributed by atoms with E-state index < -0.39 is 0 Å². The van der Waals surface area contributed by atoms with Gasteiger partial charge in [0.2, 0.25) is 0 Å². The summed E-state index contributed by atoms with van der Waals surface area (Å²) < 4.78 is 6.85. The van der Waals surface area contributed by atoms with Crippen molar-refractivity contribution in [1.82, 2.24) is 4.90 Å². The molecule has 3 radical (unpaired) electrons. The normalized spacial score (nSPS) is 38.3. The second kappa shape index (κ2) is 7.68. The van der Waals surface area contributed by atoms with Crippen LogP contribution in [0, 0.1) is 17.8 Å². The molecule has 1 saturated carbocycles. The molecule has 3 aliphatic rings. The van der Waals surface area contributed by atoms with Crippen LogP contribution in [0.2, 0.25) is 0 Å². The smallest absolute Gasteiger partial charge is 0.110 e. The summed E-state index contributed by atoms with van der Waals surface area (Å²) in [5.41, 5.74) is 1.68. The third kappa shape index (κ3) is 2.86. The van der Waals surface area contributed by atoms with Crippen molar-refractivity contribution in [3.8, 4) is 0 Å². The first-order valence-electron chi connectivity index (χ1n) is 10.6. The Kier molecular flexibility index (Phi) is 5.89. The Morgan fingerprint density at radius 1 is 1.12 bits per heavy atom. The average Bonchev–Trinajstić information content (AvgIpc) is 3.18. The van der Waals surface area contributed by atoms with Gasteiger partial charge in [-0.05, 0) is 43.6 Å². The highest BCUT2D eigenvalue weighted by molar-refractivity contribution is 5.75. The van der Waals surface area contributed by atoms with E-state index in [2.05, 4.69) is 56.0 Å². The Hall–Kier alpha value is -0.795. The van der Waals surface area contributed by atoms with Crippen molar-refractivity contribution in [2.75, 3.05) is 19.7 Å². The van der Waals surface area contributed by atoms with Crippen LogP contribution in [0.15, 0.2) is 30.3 Å². The number of hydrogen-bond acceptors (Lipinski definition) is 2. The third-order valence-electron chi connectivity index (χ3n) is 7.71. The highest BCUT2D eigenvalue weighted by Gasteiger charge is 2.68. The lowest BCUT2D eigenvalue weighted by Gasteiger charge is -2.38. The van der Waals surface area contributed by atoms with E-state index in [0.717, 1.165) is 25.0 Å². The molecule has 26 heavy (non-hydrogen) atoms. The fraction of sp³-hybridized carbons (Fsp3) is 0.739. The zero-order chi connectivity index (χ0) is 17.5. The van der Waals surface area contributed by atoms with E-state index in [9.17, 15) is 0 Å². The highest BCUT2D eigenvalue weighted by atomic mass is 16.5. The first kappa shape index (κ1) is 20.0. The van der Waals surface area contributed by atoms with Crippen LogP contribution in [-0.2, 0) is 10.3 Å². The van der Waals surface area contributed by atoms with Crippen LogP contribution in [0.1, 0.15) is 64.9 Å². The van der Waals surface area contributed by atoms with Gasteiger partial charge in [-0.2, -0.15) is 0 Å². The SMILES string of the molecule is CCCCCCO[C@]1(c2ccccc2)CN2C[C@@H](C)[C@@H]3CC[C@H]1[C@@]32C.[B]. The van der Waals surface area contributed by atoms with E-state index in [-0.39, 0.29) is 14.0 Å². The van der Waals surface area contributed by atoms with Gasteiger partial charge in [-0.15, -0.1) is 0 Å². The summed E-state index contributed by atoms with van der Waals surface area (Å²) in [5, 5.41) is 0. The lowest BCUT2D eigenvalue weighted by atomic mass is 9.73. The molecule has 0 N–H and O–H groups in total. The maximum Gasteiger partial charge on any atom is 0.110 e. The quantitative estimate of drug-likeness (QED) is 0.514. The summed E-state index contributed by atoms with van der Waals surface area (Å²) >= 11 is 0. The molecule has 1 aliphatic carbocycles. The van der Waals surface area contributed by atoms with E-state index in [4.69, 9.17) is 4.74 Å². The predicted octanol–water partition coefficient (Wildman–Crippen LogP) is 4.85. The lowest BCUT2D eigenvalue weighted by molar-refractivity contribution is -0.0780. The van der Waals surface area contributed by atoms with Crippen LogP contribution >= 0.6 is 0 Å². The monoisotopic (exact) mass is 352 g/mol. The first-order chi connectivity index (χ1) is 12.1. The maximum absolute atomic E-state index is 6.85. The molecule has 1 aromatic carbocycles. The van der Waals surface area contributed by atoms with Crippen LogP contribution in [0.4, 0.5) is 0 Å². The van der Waals surface area contributed by atoms with Gasteiger partial charge in [0, 0.05) is 39.6 Å². The molecule has 2 aliphatic heterocycles. The molecule has 141 valence electrons. The van der Waals surface area contributed by atoms with Gasteiger partial charge < -0.3 is 4.74 Å². The zero-order valence-corrected chi connectivity index (χ0v) is 16.9. The van der Waals surface area contributed by atoms with Crippen LogP contribution in [-0.4, -0.2) is 38.5 Å². The predicted molar refractivity (Wildman–Crippen MR) is 109 cm³/mol. The second-order valence-corrected chi connectivity index (χ2v) is 8.98. The molecule has 4 rings (SSSR count). The number of ether oxygens (including phenoxy) is 1. The molecule has 0 spiro atoms. The van der Waals surface area contributed by atoms with Crippen molar-refractivity contribution in [1.29, 1.82) is 0 Å². The number of benzene rings is 1. The number of nitrogens with zero attached hydrogens (tertiary/aromatic N) is 1. The van der Waals surface area contributed by atoms with E-state index in [0.29, 0.717) is 11.5 Å². The van der Waals surface area contributed by atoms with Crippen LogP contribution in [0.3, 0.4) is 0 Å². The summed E-state index contributed by atoms with van der Waals surface area (Å²) in [4.78, 5) is 2.79. The molecule has 2 nitrogen and oxygen atoms in total. The van der Waals surface area contributed by atoms with Crippen LogP contribution in [0.5, 0.6) is 0 Å². The molecule has 3 heteroatoms. The second-order valence-electron chi connectivity index (χ2n) is 8.98. The Labute approximate surface area is 162 Å². The van der Waals surface area contributed by atoms with E-state index in [1.54, 1.807) is 0 Å². The molecule has 2 heterocycles. The first-order valence-corrected chi connectivity index (χ1v) is 10.6. The van der Waals surface area contributed by atoms with Crippen molar-refractivity contribution in [2.24, 2.45) is 17.8 Å². The van der Waals surface area contributed by atoms with Crippen LogP contribution < -0.4 is 0 Å². The maximum atomic E-state index is 6.85. The van der Waals surface area contributed by atoms with Gasteiger partial charge in [-0.25, -0.2) is 0 Å². The van der Waals surface area contributed by atoms with Gasteiger partial charge >= 0.3 is 0 Å². The van der Waals surface area contributed by atoms with Gasteiger partial charge in [0.15, 0.2) is 0 Å². The van der Waals surface area contributed by atoms with Gasteiger partial charge in [0.05, 0.1) is 0 Å². The van der Waals surface area contributed by atoms with Gasteiger partial charge in [-0.3, -0.25) is 4.90 Å². The summed E-state index contributed by atoms with van der Waals surface area (Å²) in [5.74, 6) is 2.34. The summed E-state index contributed by atoms with van der Waals surface area (Å²) in [6.07, 6.45) is 7.82. The molecule has 0 amide bonds. The fourth-order valence-electron chi connectivity index (χ4n) is 6.54. The average molecular weight is 352 g/mol.